The molecule has 7 nitrogen and oxygen atoms in total. The summed E-state index contributed by atoms with van der Waals surface area (Å²) in [7, 11) is 0. The van der Waals surface area contributed by atoms with Crippen LogP contribution in [0.1, 0.15) is 22.3 Å². The van der Waals surface area contributed by atoms with Gasteiger partial charge < -0.3 is 0 Å². The maximum absolute atomic E-state index is 16.0. The lowest BCUT2D eigenvalue weighted by molar-refractivity contribution is -0.384. The first-order chi connectivity index (χ1) is 23.6. The fourth-order valence-corrected chi connectivity index (χ4v) is 8.85. The van der Waals surface area contributed by atoms with Gasteiger partial charge in [0.25, 0.3) is 5.69 Å². The number of nitro benzene ring substituents is 1. The molecule has 1 saturated carbocycles. The Morgan fingerprint density at radius 3 is 1.39 bits per heavy atom. The van der Waals surface area contributed by atoms with Crippen LogP contribution in [0, 0.1) is 22.0 Å². The molecule has 0 N–H and O–H groups in total. The van der Waals surface area contributed by atoms with Gasteiger partial charge in [0.15, 0.2) is 5.78 Å². The van der Waals surface area contributed by atoms with Crippen molar-refractivity contribution < 1.29 is 19.3 Å². The number of allylic oxidation sites excluding steroid dienone is 2. The van der Waals surface area contributed by atoms with Crippen molar-refractivity contribution in [1.82, 2.24) is 0 Å². The molecule has 2 aliphatic carbocycles. The largest absolute Gasteiger partial charge is 0.297 e. The minimum atomic E-state index is -1.70. The van der Waals surface area contributed by atoms with Gasteiger partial charge in [-0.2, -0.15) is 0 Å². The molecule has 2 bridgehead atoms. The van der Waals surface area contributed by atoms with Crippen molar-refractivity contribution in [2.75, 3.05) is 4.90 Å². The fraction of sp³-hybridized carbons (Fsp3) is 0.103. The van der Waals surface area contributed by atoms with E-state index in [2.05, 4.69) is 0 Å². The van der Waals surface area contributed by atoms with Crippen LogP contribution in [-0.4, -0.2) is 22.5 Å². The third-order valence-electron chi connectivity index (χ3n) is 10.1. The molecule has 0 radical (unpaired) electrons. The molecular weight excluding hydrogens is 683 g/mol. The number of amides is 2. The van der Waals surface area contributed by atoms with Gasteiger partial charge in [-0.15, -0.1) is 0 Å². The fourth-order valence-electron chi connectivity index (χ4n) is 8.43. The van der Waals surface area contributed by atoms with E-state index < -0.39 is 45.1 Å². The second-order valence-corrected chi connectivity index (χ2v) is 13.6. The molecule has 0 unspecified atom stereocenters. The number of imide groups is 1. The van der Waals surface area contributed by atoms with Gasteiger partial charge >= 0.3 is 0 Å². The zero-order chi connectivity index (χ0) is 34.2. The highest BCUT2D eigenvalue weighted by Gasteiger charge is 2.83. The second kappa shape index (κ2) is 11.2. The molecule has 1 heterocycles. The highest BCUT2D eigenvalue weighted by Crippen LogP contribution is 2.74. The predicted octanol–water partition coefficient (Wildman–Crippen LogP) is 8.74. The molecule has 3 aliphatic rings. The summed E-state index contributed by atoms with van der Waals surface area (Å²) in [5.74, 6) is -4.34. The number of hydrogen-bond acceptors (Lipinski definition) is 5. The molecule has 2 fully saturated rings. The van der Waals surface area contributed by atoms with Crippen molar-refractivity contribution in [1.29, 1.82) is 0 Å². The summed E-state index contributed by atoms with van der Waals surface area (Å²) in [6, 6.07) is 36.0. The van der Waals surface area contributed by atoms with Gasteiger partial charge in [-0.25, -0.2) is 4.90 Å². The van der Waals surface area contributed by atoms with Crippen molar-refractivity contribution in [3.05, 3.63) is 175 Å². The lowest BCUT2D eigenvalue weighted by Crippen LogP contribution is -2.45. The first-order valence-corrected chi connectivity index (χ1v) is 16.5. The second-order valence-electron chi connectivity index (χ2n) is 12.3. The highest BCUT2D eigenvalue weighted by atomic mass is 35.5. The quantitative estimate of drug-likeness (QED) is 0.100. The Labute approximate surface area is 295 Å². The molecule has 49 heavy (non-hydrogen) atoms. The number of benzene rings is 5. The van der Waals surface area contributed by atoms with Gasteiger partial charge in [0.05, 0.1) is 27.6 Å². The average Bonchev–Trinajstić information content (AvgIpc) is 3.61. The van der Waals surface area contributed by atoms with E-state index in [0.29, 0.717) is 43.4 Å². The molecular formula is C39H23Cl3N2O5. The number of rotatable bonds is 6. The van der Waals surface area contributed by atoms with Crippen LogP contribution in [0.15, 0.2) is 127 Å². The average molecular weight is 706 g/mol. The lowest BCUT2D eigenvalue weighted by Gasteiger charge is -2.39. The van der Waals surface area contributed by atoms with Crippen LogP contribution in [0.5, 0.6) is 0 Å². The van der Waals surface area contributed by atoms with E-state index in [1.54, 1.807) is 48.5 Å². The third-order valence-corrected chi connectivity index (χ3v) is 10.8. The Kier molecular flexibility index (Phi) is 7.16. The SMILES string of the molecule is O=C1[C@@H]2[C@@H](C(=O)N1c1ccc(Cl)cc1[N+](=O)[O-])[C@@]1(c3ccc(Cl)cc3)C(=O)[C@@]2(c2ccc(Cl)cc2)C(c2ccccc2)=C1c1ccccc1. The minimum absolute atomic E-state index is 0.0691. The van der Waals surface area contributed by atoms with Gasteiger partial charge in [0, 0.05) is 21.1 Å². The molecule has 1 aliphatic heterocycles. The molecule has 4 atom stereocenters. The molecule has 10 heteroatoms. The van der Waals surface area contributed by atoms with E-state index in [-0.39, 0.29) is 16.5 Å². The molecule has 2 amide bonds. The Balaban J connectivity index is 1.55. The normalized spacial score (nSPS) is 24.1. The number of nitro groups is 1. The van der Waals surface area contributed by atoms with Crippen LogP contribution in [0.2, 0.25) is 15.1 Å². The number of fused-ring (bicyclic) bond motifs is 5. The molecule has 8 rings (SSSR count). The van der Waals surface area contributed by atoms with Gasteiger partial charge in [-0.1, -0.05) is 120 Å². The number of ketones is 1. The number of hydrogen-bond donors (Lipinski definition) is 0. The van der Waals surface area contributed by atoms with Crippen LogP contribution >= 0.6 is 34.8 Å². The maximum Gasteiger partial charge on any atom is 0.294 e. The van der Waals surface area contributed by atoms with Gasteiger partial charge in [-0.05, 0) is 69.8 Å². The van der Waals surface area contributed by atoms with Crippen molar-refractivity contribution in [3.63, 3.8) is 0 Å². The Morgan fingerprint density at radius 1 is 0.571 bits per heavy atom. The van der Waals surface area contributed by atoms with Gasteiger partial charge in [-0.3, -0.25) is 24.5 Å². The predicted molar refractivity (Wildman–Crippen MR) is 189 cm³/mol. The van der Waals surface area contributed by atoms with E-state index in [1.165, 1.54) is 12.1 Å². The molecule has 1 saturated heterocycles. The highest BCUT2D eigenvalue weighted by molar-refractivity contribution is 6.39. The lowest BCUT2D eigenvalue weighted by atomic mass is 9.59. The summed E-state index contributed by atoms with van der Waals surface area (Å²) in [5.41, 5.74) is -0.636. The van der Waals surface area contributed by atoms with E-state index in [1.807, 2.05) is 60.7 Å². The van der Waals surface area contributed by atoms with E-state index >= 15 is 14.4 Å². The zero-order valence-corrected chi connectivity index (χ0v) is 27.6. The summed E-state index contributed by atoms with van der Waals surface area (Å²) < 4.78 is 0. The molecule has 0 spiro atoms. The van der Waals surface area contributed by atoms with E-state index in [9.17, 15) is 10.1 Å². The summed E-state index contributed by atoms with van der Waals surface area (Å²) in [5, 5.41) is 13.2. The van der Waals surface area contributed by atoms with Crippen LogP contribution < -0.4 is 4.90 Å². The number of Topliss-reactive ketones (excluding diaryl/α,β-unsaturated/α-hetero) is 1. The Hall–Kier alpha value is -5.08. The number of nitrogens with zero attached hydrogens (tertiary/aromatic N) is 2. The molecule has 5 aromatic rings. The van der Waals surface area contributed by atoms with Crippen LogP contribution in [0.25, 0.3) is 11.1 Å². The standard InChI is InChI=1S/C39H23Cl3N2O5/c40-26-15-11-24(12-16-26)38-31(22-7-3-1-4-8-22)32(23-9-5-2-6-10-23)39(37(38)47,25-13-17-27(41)18-14-25)34-33(38)35(45)43(36(34)46)29-20-19-28(42)21-30(29)44(48)49/h1-21,33-34H/t33-,34-,38-,39-/m0/s1. The Morgan fingerprint density at radius 2 is 0.980 bits per heavy atom. The summed E-state index contributed by atoms with van der Waals surface area (Å²) in [4.78, 5) is 58.7. The van der Waals surface area contributed by atoms with E-state index in [0.717, 1.165) is 11.0 Å². The van der Waals surface area contributed by atoms with Gasteiger partial charge in [0.1, 0.15) is 5.69 Å². The summed E-state index contributed by atoms with van der Waals surface area (Å²) in [6.07, 6.45) is 0. The molecule has 0 aromatic heterocycles. The number of anilines is 1. The monoisotopic (exact) mass is 704 g/mol. The van der Waals surface area contributed by atoms with Crippen LogP contribution in [-0.2, 0) is 25.2 Å². The van der Waals surface area contributed by atoms with Crippen molar-refractivity contribution in [3.8, 4) is 0 Å². The first kappa shape index (κ1) is 31.2. The van der Waals surface area contributed by atoms with Crippen molar-refractivity contribution >= 4 is 74.9 Å². The molecule has 5 aromatic carbocycles. The van der Waals surface area contributed by atoms with E-state index in [4.69, 9.17) is 34.8 Å². The first-order valence-electron chi connectivity index (χ1n) is 15.4. The summed E-state index contributed by atoms with van der Waals surface area (Å²) in [6.45, 7) is 0. The smallest absolute Gasteiger partial charge is 0.294 e. The van der Waals surface area contributed by atoms with Gasteiger partial charge in [0.2, 0.25) is 11.8 Å². The topological polar surface area (TPSA) is 97.6 Å². The minimum Gasteiger partial charge on any atom is -0.297 e. The third kappa shape index (κ3) is 4.13. The maximum atomic E-state index is 16.0. The van der Waals surface area contributed by atoms with Crippen LogP contribution in [0.3, 0.4) is 0 Å². The van der Waals surface area contributed by atoms with Crippen molar-refractivity contribution in [2.45, 2.75) is 10.8 Å². The summed E-state index contributed by atoms with van der Waals surface area (Å²) >= 11 is 18.9. The number of halogens is 3. The molecule has 240 valence electrons. The number of carbonyl (C=O) groups excluding carboxylic acids is 3. The van der Waals surface area contributed by atoms with Crippen LogP contribution in [0.4, 0.5) is 11.4 Å². The Bertz CT molecular complexity index is 2130. The zero-order valence-electron chi connectivity index (χ0n) is 25.3. The van der Waals surface area contributed by atoms with Crippen molar-refractivity contribution in [2.24, 2.45) is 11.8 Å². The number of carbonyl (C=O) groups is 3.